The lowest BCUT2D eigenvalue weighted by Gasteiger charge is -2.43. The summed E-state index contributed by atoms with van der Waals surface area (Å²) in [7, 11) is 0. The monoisotopic (exact) mass is 250 g/mol. The molecular weight excluding hydrogens is 228 g/mol. The molecule has 3 rings (SSSR count). The number of hydrogen-bond acceptors (Lipinski definition) is 2. The molecule has 0 radical (unpaired) electrons. The van der Waals surface area contributed by atoms with E-state index in [1.807, 2.05) is 4.90 Å². The van der Waals surface area contributed by atoms with Gasteiger partial charge in [0.2, 0.25) is 11.8 Å². The van der Waals surface area contributed by atoms with E-state index in [1.54, 1.807) is 4.90 Å². The van der Waals surface area contributed by atoms with Gasteiger partial charge in [0.05, 0.1) is 0 Å². The Morgan fingerprint density at radius 3 is 2.67 bits per heavy atom. The highest BCUT2D eigenvalue weighted by atomic mass is 16.2. The molecule has 0 aromatic heterocycles. The number of amides is 2. The van der Waals surface area contributed by atoms with Crippen molar-refractivity contribution in [3.63, 3.8) is 0 Å². The molecule has 4 heteroatoms. The van der Waals surface area contributed by atoms with Gasteiger partial charge < -0.3 is 9.80 Å². The van der Waals surface area contributed by atoms with Crippen LogP contribution in [-0.2, 0) is 9.59 Å². The largest absolute Gasteiger partial charge is 0.329 e. The second-order valence-electron chi connectivity index (χ2n) is 6.14. The highest BCUT2D eigenvalue weighted by Gasteiger charge is 2.44. The van der Waals surface area contributed by atoms with E-state index in [4.69, 9.17) is 0 Å². The Bertz CT molecular complexity index is 369. The fourth-order valence-electron chi connectivity index (χ4n) is 3.82. The Morgan fingerprint density at radius 2 is 1.89 bits per heavy atom. The van der Waals surface area contributed by atoms with Crippen LogP contribution in [-0.4, -0.2) is 46.8 Å². The second kappa shape index (κ2) is 4.56. The zero-order valence-electron chi connectivity index (χ0n) is 11.1. The van der Waals surface area contributed by atoms with Crippen molar-refractivity contribution >= 4 is 11.8 Å². The first-order valence-corrected chi connectivity index (χ1v) is 7.27. The molecule has 3 aliphatic rings. The average Bonchev–Trinajstić information content (AvgIpc) is 2.83. The number of hydrogen-bond donors (Lipinski definition) is 0. The Balaban J connectivity index is 1.76. The highest BCUT2D eigenvalue weighted by Crippen LogP contribution is 2.31. The predicted molar refractivity (Wildman–Crippen MR) is 67.9 cm³/mol. The van der Waals surface area contributed by atoms with Crippen molar-refractivity contribution in [2.24, 2.45) is 5.92 Å². The van der Waals surface area contributed by atoms with Crippen molar-refractivity contribution in [2.45, 2.75) is 57.5 Å². The molecule has 2 amide bonds. The van der Waals surface area contributed by atoms with Gasteiger partial charge in [0, 0.05) is 12.6 Å². The van der Waals surface area contributed by atoms with Crippen molar-refractivity contribution in [3.05, 3.63) is 0 Å². The summed E-state index contributed by atoms with van der Waals surface area (Å²) in [4.78, 5) is 28.3. The van der Waals surface area contributed by atoms with Crippen molar-refractivity contribution in [3.8, 4) is 0 Å². The van der Waals surface area contributed by atoms with Crippen LogP contribution in [0.25, 0.3) is 0 Å². The Hall–Kier alpha value is -1.06. The van der Waals surface area contributed by atoms with Gasteiger partial charge in [0.1, 0.15) is 12.6 Å². The maximum Gasteiger partial charge on any atom is 0.246 e. The molecule has 0 aromatic rings. The van der Waals surface area contributed by atoms with Gasteiger partial charge >= 0.3 is 0 Å². The predicted octanol–water partition coefficient (Wildman–Crippen LogP) is 1.40. The Kier molecular flexibility index (Phi) is 3.04. The zero-order valence-corrected chi connectivity index (χ0v) is 11.1. The van der Waals surface area contributed by atoms with Gasteiger partial charge in [-0.25, -0.2) is 0 Å². The Labute approximate surface area is 108 Å². The van der Waals surface area contributed by atoms with E-state index in [-0.39, 0.29) is 17.9 Å². The van der Waals surface area contributed by atoms with Gasteiger partial charge in [-0.05, 0) is 31.6 Å². The minimum absolute atomic E-state index is 0.136. The van der Waals surface area contributed by atoms with E-state index in [1.165, 1.54) is 12.8 Å². The molecule has 3 atom stereocenters. The minimum atomic E-state index is -0.136. The van der Waals surface area contributed by atoms with Crippen LogP contribution < -0.4 is 0 Å². The maximum absolute atomic E-state index is 12.5. The summed E-state index contributed by atoms with van der Waals surface area (Å²) in [5.41, 5.74) is 0. The van der Waals surface area contributed by atoms with Crippen LogP contribution >= 0.6 is 0 Å². The van der Waals surface area contributed by atoms with Crippen molar-refractivity contribution in [1.82, 2.24) is 9.80 Å². The third-order valence-electron chi connectivity index (χ3n) is 4.80. The van der Waals surface area contributed by atoms with Gasteiger partial charge in [-0.15, -0.1) is 0 Å². The van der Waals surface area contributed by atoms with Gasteiger partial charge in [-0.3, -0.25) is 9.59 Å². The van der Waals surface area contributed by atoms with Crippen LogP contribution in [0.15, 0.2) is 0 Å². The zero-order chi connectivity index (χ0) is 12.7. The summed E-state index contributed by atoms with van der Waals surface area (Å²) >= 11 is 0. The van der Waals surface area contributed by atoms with Crippen LogP contribution in [0.1, 0.15) is 45.4 Å². The van der Waals surface area contributed by atoms with E-state index in [0.29, 0.717) is 18.5 Å². The lowest BCUT2D eigenvalue weighted by atomic mass is 9.85. The molecule has 4 nitrogen and oxygen atoms in total. The first-order valence-electron chi connectivity index (χ1n) is 7.27. The van der Waals surface area contributed by atoms with E-state index in [9.17, 15) is 9.59 Å². The van der Waals surface area contributed by atoms with E-state index in [2.05, 4.69) is 6.92 Å². The first-order chi connectivity index (χ1) is 8.66. The molecule has 2 heterocycles. The van der Waals surface area contributed by atoms with Gasteiger partial charge in [0.15, 0.2) is 0 Å². The molecule has 1 saturated carbocycles. The van der Waals surface area contributed by atoms with Crippen LogP contribution in [0.4, 0.5) is 0 Å². The van der Waals surface area contributed by atoms with Crippen molar-refractivity contribution < 1.29 is 9.59 Å². The fraction of sp³-hybridized carbons (Fsp3) is 0.857. The van der Waals surface area contributed by atoms with Gasteiger partial charge in [-0.2, -0.15) is 0 Å². The van der Waals surface area contributed by atoms with Gasteiger partial charge in [0.25, 0.3) is 0 Å². The lowest BCUT2D eigenvalue weighted by molar-refractivity contribution is -0.156. The molecule has 0 bridgehead atoms. The average molecular weight is 250 g/mol. The molecule has 100 valence electrons. The second-order valence-corrected chi connectivity index (χ2v) is 6.14. The van der Waals surface area contributed by atoms with Crippen LogP contribution in [0.2, 0.25) is 0 Å². The normalized spacial score (nSPS) is 37.1. The Morgan fingerprint density at radius 1 is 1.06 bits per heavy atom. The number of piperazine rings is 1. The quantitative estimate of drug-likeness (QED) is 0.706. The maximum atomic E-state index is 12.5. The third kappa shape index (κ3) is 1.91. The van der Waals surface area contributed by atoms with Crippen molar-refractivity contribution in [1.29, 1.82) is 0 Å². The lowest BCUT2D eigenvalue weighted by Crippen LogP contribution is -2.60. The van der Waals surface area contributed by atoms with E-state index >= 15 is 0 Å². The fourth-order valence-corrected chi connectivity index (χ4v) is 3.82. The summed E-state index contributed by atoms with van der Waals surface area (Å²) in [6, 6.07) is 0.177. The standard InChI is InChI=1S/C14H22N2O2/c1-10-4-2-5-11(8-10)16-9-13(17)15-7-3-6-12(15)14(16)18/h10-12H,2-9H2,1H3. The van der Waals surface area contributed by atoms with Crippen LogP contribution in [0, 0.1) is 5.92 Å². The summed E-state index contributed by atoms with van der Waals surface area (Å²) in [6.07, 6.45) is 6.46. The number of carbonyl (C=O) groups is 2. The SMILES string of the molecule is CC1CCCC(N2CC(=O)N3CCCC3C2=O)C1. The molecule has 1 aliphatic carbocycles. The van der Waals surface area contributed by atoms with E-state index in [0.717, 1.165) is 32.2 Å². The van der Waals surface area contributed by atoms with E-state index < -0.39 is 0 Å². The highest BCUT2D eigenvalue weighted by molar-refractivity contribution is 5.95. The molecular formula is C14H22N2O2. The summed E-state index contributed by atoms with van der Waals surface area (Å²) in [6.45, 7) is 3.36. The minimum Gasteiger partial charge on any atom is -0.329 e. The molecule has 2 aliphatic heterocycles. The van der Waals surface area contributed by atoms with Crippen LogP contribution in [0.3, 0.4) is 0 Å². The molecule has 0 spiro atoms. The molecule has 2 saturated heterocycles. The molecule has 18 heavy (non-hydrogen) atoms. The summed E-state index contributed by atoms with van der Waals surface area (Å²) in [5, 5.41) is 0. The van der Waals surface area contributed by atoms with Crippen LogP contribution in [0.5, 0.6) is 0 Å². The third-order valence-corrected chi connectivity index (χ3v) is 4.80. The van der Waals surface area contributed by atoms with Gasteiger partial charge in [-0.1, -0.05) is 19.8 Å². The molecule has 0 N–H and O–H groups in total. The molecule has 3 fully saturated rings. The number of carbonyl (C=O) groups excluding carboxylic acids is 2. The first kappa shape index (κ1) is 12.0. The topological polar surface area (TPSA) is 40.6 Å². The number of rotatable bonds is 1. The smallest absolute Gasteiger partial charge is 0.246 e. The summed E-state index contributed by atoms with van der Waals surface area (Å²) in [5.74, 6) is 1.06. The molecule has 3 unspecified atom stereocenters. The number of fused-ring (bicyclic) bond motifs is 1. The summed E-state index contributed by atoms with van der Waals surface area (Å²) < 4.78 is 0. The number of nitrogens with zero attached hydrogens (tertiary/aromatic N) is 2. The van der Waals surface area contributed by atoms with Crippen molar-refractivity contribution in [2.75, 3.05) is 13.1 Å². The molecule has 0 aromatic carbocycles.